The molecule has 2 rings (SSSR count). The van der Waals surface area contributed by atoms with E-state index in [0.717, 1.165) is 0 Å². The van der Waals surface area contributed by atoms with Crippen molar-refractivity contribution >= 4 is 17.7 Å². The Morgan fingerprint density at radius 3 is 2.36 bits per heavy atom. The molecular formula is C19H20F3N3O3. The minimum Gasteiger partial charge on any atom is -0.463 e. The van der Waals surface area contributed by atoms with Crippen molar-refractivity contribution in [3.8, 4) is 0 Å². The number of esters is 1. The zero-order valence-corrected chi connectivity index (χ0v) is 15.6. The van der Waals surface area contributed by atoms with Gasteiger partial charge in [-0.3, -0.25) is 4.79 Å². The second-order valence-electron chi connectivity index (χ2n) is 6.14. The quantitative estimate of drug-likeness (QED) is 0.579. The number of aryl methyl sites for hydroxylation is 2. The summed E-state index contributed by atoms with van der Waals surface area (Å²) in [5, 5.41) is 3.79. The van der Waals surface area contributed by atoms with Crippen LogP contribution in [0.15, 0.2) is 42.6 Å². The number of pyridine rings is 1. The molecule has 0 bridgehead atoms. The molecule has 1 atom stereocenters. The van der Waals surface area contributed by atoms with Gasteiger partial charge in [-0.2, -0.15) is 13.2 Å². The molecule has 1 unspecified atom stereocenters. The van der Waals surface area contributed by atoms with E-state index in [0.29, 0.717) is 11.1 Å². The fraction of sp³-hybridized carbons (Fsp3) is 0.316. The van der Waals surface area contributed by atoms with Crippen molar-refractivity contribution in [1.29, 1.82) is 0 Å². The van der Waals surface area contributed by atoms with Gasteiger partial charge in [0.15, 0.2) is 0 Å². The Morgan fingerprint density at radius 2 is 1.82 bits per heavy atom. The van der Waals surface area contributed by atoms with Gasteiger partial charge in [0.25, 0.3) is 5.91 Å². The largest absolute Gasteiger partial charge is 0.463 e. The van der Waals surface area contributed by atoms with E-state index in [-0.39, 0.29) is 18.0 Å². The molecule has 1 heterocycles. The lowest BCUT2D eigenvalue weighted by Crippen LogP contribution is -2.69. The fourth-order valence-electron chi connectivity index (χ4n) is 2.39. The zero-order valence-electron chi connectivity index (χ0n) is 15.6. The van der Waals surface area contributed by atoms with Crippen molar-refractivity contribution < 1.29 is 27.5 Å². The van der Waals surface area contributed by atoms with Gasteiger partial charge < -0.3 is 15.4 Å². The number of nitrogens with zero attached hydrogens (tertiary/aromatic N) is 1. The van der Waals surface area contributed by atoms with Gasteiger partial charge in [-0.1, -0.05) is 23.8 Å². The number of anilines is 1. The molecule has 0 saturated carbocycles. The molecule has 2 aromatic rings. The van der Waals surface area contributed by atoms with Crippen LogP contribution in [-0.4, -0.2) is 35.3 Å². The Labute approximate surface area is 160 Å². The maximum Gasteiger partial charge on any atom is 0.441 e. The van der Waals surface area contributed by atoms with Crippen LogP contribution in [0.4, 0.5) is 19.0 Å². The first-order chi connectivity index (χ1) is 13.1. The molecule has 0 aliphatic carbocycles. The van der Waals surface area contributed by atoms with Crippen LogP contribution in [0.2, 0.25) is 0 Å². The number of nitrogens with one attached hydrogen (secondary N) is 2. The number of hydrogen-bond acceptors (Lipinski definition) is 5. The van der Waals surface area contributed by atoms with Crippen molar-refractivity contribution in [3.63, 3.8) is 0 Å². The molecule has 0 radical (unpaired) electrons. The van der Waals surface area contributed by atoms with E-state index in [1.165, 1.54) is 43.5 Å². The number of amides is 1. The summed E-state index contributed by atoms with van der Waals surface area (Å²) in [6.45, 7) is 4.46. The van der Waals surface area contributed by atoms with Crippen molar-refractivity contribution in [2.24, 2.45) is 0 Å². The molecular weight excluding hydrogens is 375 g/mol. The number of carbonyl (C=O) groups excluding carboxylic acids is 2. The van der Waals surface area contributed by atoms with Crippen LogP contribution >= 0.6 is 0 Å². The lowest BCUT2D eigenvalue weighted by molar-refractivity contribution is -0.204. The van der Waals surface area contributed by atoms with Crippen LogP contribution in [0.25, 0.3) is 0 Å². The molecule has 1 aromatic heterocycles. The number of halogens is 3. The molecule has 0 spiro atoms. The first kappa shape index (κ1) is 21.2. The molecule has 2 N–H and O–H groups in total. The molecule has 9 heteroatoms. The summed E-state index contributed by atoms with van der Waals surface area (Å²) in [5.74, 6) is -3.03. The molecule has 0 fully saturated rings. The highest BCUT2D eigenvalue weighted by atomic mass is 19.4. The average Bonchev–Trinajstić information content (AvgIpc) is 2.62. The van der Waals surface area contributed by atoms with Crippen LogP contribution < -0.4 is 10.6 Å². The van der Waals surface area contributed by atoms with Crippen LogP contribution in [0.3, 0.4) is 0 Å². The van der Waals surface area contributed by atoms with Crippen molar-refractivity contribution in [1.82, 2.24) is 10.3 Å². The van der Waals surface area contributed by atoms with Gasteiger partial charge in [0.1, 0.15) is 5.82 Å². The average molecular weight is 395 g/mol. The van der Waals surface area contributed by atoms with Gasteiger partial charge in [0, 0.05) is 11.8 Å². The highest BCUT2D eigenvalue weighted by Crippen LogP contribution is 2.33. The van der Waals surface area contributed by atoms with E-state index in [2.05, 4.69) is 9.72 Å². The van der Waals surface area contributed by atoms with Crippen LogP contribution in [-0.2, 0) is 9.53 Å². The van der Waals surface area contributed by atoms with E-state index < -0.39 is 23.7 Å². The molecule has 1 amide bonds. The standard InChI is InChI=1S/C19H20F3N3O3/c1-4-28-17(27)18(19(20,21)22,24-15-9-8-13(3)11-23-15)25-16(26)14-7-5-6-12(2)10-14/h5-11H,4H2,1-3H3,(H,23,24)(H,25,26). The first-order valence-electron chi connectivity index (χ1n) is 8.43. The van der Waals surface area contributed by atoms with Crippen molar-refractivity contribution in [2.45, 2.75) is 32.6 Å². The van der Waals surface area contributed by atoms with E-state index >= 15 is 0 Å². The Hall–Kier alpha value is -3.10. The lowest BCUT2D eigenvalue weighted by atomic mass is 10.1. The molecule has 1 aromatic carbocycles. The van der Waals surface area contributed by atoms with E-state index in [4.69, 9.17) is 0 Å². The van der Waals surface area contributed by atoms with Gasteiger partial charge in [0.2, 0.25) is 0 Å². The third-order valence-corrected chi connectivity index (χ3v) is 3.82. The molecule has 6 nitrogen and oxygen atoms in total. The number of hydrogen-bond donors (Lipinski definition) is 2. The topological polar surface area (TPSA) is 80.3 Å². The summed E-state index contributed by atoms with van der Waals surface area (Å²) < 4.78 is 46.8. The lowest BCUT2D eigenvalue weighted by Gasteiger charge is -2.35. The predicted molar refractivity (Wildman–Crippen MR) is 96.7 cm³/mol. The molecule has 28 heavy (non-hydrogen) atoms. The second-order valence-corrected chi connectivity index (χ2v) is 6.14. The highest BCUT2D eigenvalue weighted by Gasteiger charge is 2.64. The Morgan fingerprint density at radius 1 is 1.11 bits per heavy atom. The maximum atomic E-state index is 14.1. The minimum atomic E-state index is -5.22. The molecule has 0 saturated heterocycles. The van der Waals surface area contributed by atoms with Crippen molar-refractivity contribution in [3.05, 3.63) is 59.3 Å². The fourth-order valence-corrected chi connectivity index (χ4v) is 2.39. The number of carbonyl (C=O) groups is 2. The molecule has 150 valence electrons. The zero-order chi connectivity index (χ0) is 20.9. The number of aromatic nitrogens is 1. The summed E-state index contributed by atoms with van der Waals surface area (Å²) in [7, 11) is 0. The van der Waals surface area contributed by atoms with Crippen LogP contribution in [0.5, 0.6) is 0 Å². The normalized spacial score (nSPS) is 13.4. The summed E-state index contributed by atoms with van der Waals surface area (Å²) in [4.78, 5) is 28.7. The second kappa shape index (κ2) is 8.28. The van der Waals surface area contributed by atoms with Gasteiger partial charge in [0.05, 0.1) is 6.61 Å². The minimum absolute atomic E-state index is 0.0309. The number of ether oxygens (including phenoxy) is 1. The third-order valence-electron chi connectivity index (χ3n) is 3.82. The van der Waals surface area contributed by atoms with Gasteiger partial charge in [-0.15, -0.1) is 0 Å². The summed E-state index contributed by atoms with van der Waals surface area (Å²) in [5.41, 5.74) is -2.15. The number of benzene rings is 1. The van der Waals surface area contributed by atoms with Gasteiger partial charge >= 0.3 is 17.8 Å². The summed E-state index contributed by atoms with van der Waals surface area (Å²) in [6.07, 6.45) is -3.89. The van der Waals surface area contributed by atoms with E-state index in [9.17, 15) is 22.8 Å². The Bertz CT molecular complexity index is 853. The highest BCUT2D eigenvalue weighted by molar-refractivity contribution is 5.99. The maximum absolute atomic E-state index is 14.1. The predicted octanol–water partition coefficient (Wildman–Crippen LogP) is 3.36. The Kier molecular flexibility index (Phi) is 6.27. The van der Waals surface area contributed by atoms with Gasteiger partial charge in [-0.25, -0.2) is 9.78 Å². The van der Waals surface area contributed by atoms with Gasteiger partial charge in [-0.05, 0) is 44.5 Å². The molecule has 0 aliphatic rings. The van der Waals surface area contributed by atoms with Crippen LogP contribution in [0.1, 0.15) is 28.4 Å². The smallest absolute Gasteiger partial charge is 0.441 e. The van der Waals surface area contributed by atoms with Crippen molar-refractivity contribution in [2.75, 3.05) is 11.9 Å². The van der Waals surface area contributed by atoms with Crippen LogP contribution in [0, 0.1) is 13.8 Å². The number of alkyl halides is 3. The third kappa shape index (κ3) is 4.59. The SMILES string of the molecule is CCOC(=O)C(NC(=O)c1cccc(C)c1)(Nc1ccc(C)cn1)C(F)(F)F. The monoisotopic (exact) mass is 395 g/mol. The van der Waals surface area contributed by atoms with E-state index in [1.54, 1.807) is 25.2 Å². The van der Waals surface area contributed by atoms with E-state index in [1.807, 2.05) is 5.32 Å². The molecule has 0 aliphatic heterocycles. The first-order valence-corrected chi connectivity index (χ1v) is 8.43. The summed E-state index contributed by atoms with van der Waals surface area (Å²) in [6, 6.07) is 8.76. The number of rotatable bonds is 6. The Balaban J connectivity index is 2.50. The summed E-state index contributed by atoms with van der Waals surface area (Å²) >= 11 is 0.